The van der Waals surface area contributed by atoms with Gasteiger partial charge in [-0.1, -0.05) is 24.3 Å². The van der Waals surface area contributed by atoms with Crippen LogP contribution in [0.25, 0.3) is 10.1 Å². The van der Waals surface area contributed by atoms with E-state index in [9.17, 15) is 4.79 Å². The SMILES string of the molecule is CC(=O)Nc1cccc(CCN2CCN(c3nsc4ccccc34)CC2)c1C. The molecule has 0 aliphatic carbocycles. The van der Waals surface area contributed by atoms with Crippen LogP contribution in [0.2, 0.25) is 0 Å². The highest BCUT2D eigenvalue weighted by atomic mass is 32.1. The maximum atomic E-state index is 11.4. The van der Waals surface area contributed by atoms with Crippen LogP contribution in [0.15, 0.2) is 42.5 Å². The summed E-state index contributed by atoms with van der Waals surface area (Å²) in [6.07, 6.45) is 0.999. The van der Waals surface area contributed by atoms with Gasteiger partial charge in [-0.25, -0.2) is 0 Å². The van der Waals surface area contributed by atoms with E-state index >= 15 is 0 Å². The Morgan fingerprint density at radius 1 is 1.11 bits per heavy atom. The van der Waals surface area contributed by atoms with Crippen molar-refractivity contribution in [2.24, 2.45) is 0 Å². The first-order valence-electron chi connectivity index (χ1n) is 9.79. The summed E-state index contributed by atoms with van der Waals surface area (Å²) in [4.78, 5) is 16.3. The van der Waals surface area contributed by atoms with Crippen LogP contribution < -0.4 is 10.2 Å². The Morgan fingerprint density at radius 3 is 2.68 bits per heavy atom. The van der Waals surface area contributed by atoms with Gasteiger partial charge in [0.1, 0.15) is 5.82 Å². The Balaban J connectivity index is 1.35. The van der Waals surface area contributed by atoms with Gasteiger partial charge < -0.3 is 10.2 Å². The van der Waals surface area contributed by atoms with Gasteiger partial charge in [-0.15, -0.1) is 0 Å². The van der Waals surface area contributed by atoms with Crippen molar-refractivity contribution in [3.05, 3.63) is 53.6 Å². The van der Waals surface area contributed by atoms with E-state index in [4.69, 9.17) is 4.37 Å². The van der Waals surface area contributed by atoms with Crippen LogP contribution in [-0.4, -0.2) is 47.9 Å². The third kappa shape index (κ3) is 4.03. The first kappa shape index (κ1) is 18.9. The van der Waals surface area contributed by atoms with Gasteiger partial charge in [-0.2, -0.15) is 4.37 Å². The Hall–Kier alpha value is -2.44. The lowest BCUT2D eigenvalue weighted by Crippen LogP contribution is -2.47. The zero-order valence-electron chi connectivity index (χ0n) is 16.4. The fourth-order valence-electron chi connectivity index (χ4n) is 3.84. The monoisotopic (exact) mass is 394 g/mol. The lowest BCUT2D eigenvalue weighted by atomic mass is 10.0. The van der Waals surface area contributed by atoms with Gasteiger partial charge >= 0.3 is 0 Å². The fraction of sp³-hybridized carbons (Fsp3) is 0.364. The molecule has 0 radical (unpaired) electrons. The van der Waals surface area contributed by atoms with E-state index in [1.54, 1.807) is 18.5 Å². The predicted molar refractivity (Wildman–Crippen MR) is 117 cm³/mol. The molecule has 146 valence electrons. The Morgan fingerprint density at radius 2 is 1.89 bits per heavy atom. The smallest absolute Gasteiger partial charge is 0.221 e. The second kappa shape index (κ2) is 8.29. The topological polar surface area (TPSA) is 48.5 Å². The first-order valence-corrected chi connectivity index (χ1v) is 10.6. The minimum absolute atomic E-state index is 0.0223. The minimum atomic E-state index is -0.0223. The van der Waals surface area contributed by atoms with Crippen molar-refractivity contribution in [1.29, 1.82) is 0 Å². The average molecular weight is 395 g/mol. The van der Waals surface area contributed by atoms with E-state index in [0.717, 1.165) is 50.6 Å². The van der Waals surface area contributed by atoms with Crippen molar-refractivity contribution in [2.75, 3.05) is 42.9 Å². The van der Waals surface area contributed by atoms with Crippen molar-refractivity contribution in [3.63, 3.8) is 0 Å². The van der Waals surface area contributed by atoms with Crippen LogP contribution in [0.4, 0.5) is 11.5 Å². The molecule has 3 aromatic rings. The average Bonchev–Trinajstić information content (AvgIpc) is 3.13. The quantitative estimate of drug-likeness (QED) is 0.712. The van der Waals surface area contributed by atoms with Crippen LogP contribution in [-0.2, 0) is 11.2 Å². The highest BCUT2D eigenvalue weighted by Gasteiger charge is 2.20. The third-order valence-corrected chi connectivity index (χ3v) is 6.30. The summed E-state index contributed by atoms with van der Waals surface area (Å²) < 4.78 is 5.96. The van der Waals surface area contributed by atoms with Crippen LogP contribution in [0.3, 0.4) is 0 Å². The number of nitrogens with zero attached hydrogens (tertiary/aromatic N) is 3. The van der Waals surface area contributed by atoms with E-state index < -0.39 is 0 Å². The maximum Gasteiger partial charge on any atom is 0.221 e. The number of rotatable bonds is 5. The number of anilines is 2. The molecule has 0 saturated carbocycles. The molecule has 1 aliphatic heterocycles. The number of benzene rings is 2. The molecule has 0 atom stereocenters. The molecule has 1 fully saturated rings. The van der Waals surface area contributed by atoms with Gasteiger partial charge in [0.2, 0.25) is 5.91 Å². The van der Waals surface area contributed by atoms with Crippen molar-refractivity contribution < 1.29 is 4.79 Å². The zero-order valence-corrected chi connectivity index (χ0v) is 17.3. The number of aromatic nitrogens is 1. The van der Waals surface area contributed by atoms with Gasteiger partial charge in [0.25, 0.3) is 0 Å². The van der Waals surface area contributed by atoms with Crippen LogP contribution >= 0.6 is 11.5 Å². The molecule has 0 bridgehead atoms. The van der Waals surface area contributed by atoms with Gasteiger partial charge in [-0.3, -0.25) is 9.69 Å². The summed E-state index contributed by atoms with van der Waals surface area (Å²) in [5, 5.41) is 4.19. The number of fused-ring (bicyclic) bond motifs is 1. The fourth-order valence-corrected chi connectivity index (χ4v) is 4.64. The summed E-state index contributed by atoms with van der Waals surface area (Å²) in [5.74, 6) is 1.12. The largest absolute Gasteiger partial charge is 0.353 e. The van der Waals surface area contributed by atoms with Gasteiger partial charge in [0, 0.05) is 50.7 Å². The maximum absolute atomic E-state index is 11.4. The Labute approximate surface area is 170 Å². The molecule has 1 amide bonds. The second-order valence-corrected chi connectivity index (χ2v) is 8.16. The van der Waals surface area contributed by atoms with E-state index in [1.165, 1.54) is 21.2 Å². The van der Waals surface area contributed by atoms with Gasteiger partial charge in [0.05, 0.1) is 4.70 Å². The molecule has 0 spiro atoms. The highest BCUT2D eigenvalue weighted by Crippen LogP contribution is 2.29. The normalized spacial score (nSPS) is 15.1. The van der Waals surface area contributed by atoms with Gasteiger partial charge in [-0.05, 0) is 54.2 Å². The second-order valence-electron chi connectivity index (χ2n) is 7.35. The Kier molecular flexibility index (Phi) is 5.59. The number of nitrogens with one attached hydrogen (secondary N) is 1. The summed E-state index contributed by atoms with van der Waals surface area (Å²) in [7, 11) is 0. The predicted octanol–water partition coefficient (Wildman–Crippen LogP) is 3.93. The zero-order chi connectivity index (χ0) is 19.5. The molecule has 5 nitrogen and oxygen atoms in total. The third-order valence-electron chi connectivity index (χ3n) is 5.48. The standard InChI is InChI=1S/C22H26N4OS/c1-16-18(6-5-8-20(16)23-17(2)27)10-11-25-12-14-26(15-13-25)22-19-7-3-4-9-21(19)28-24-22/h3-9H,10-15H2,1-2H3,(H,23,27). The van der Waals surface area contributed by atoms with Crippen LogP contribution in [0.1, 0.15) is 18.1 Å². The van der Waals surface area contributed by atoms with Gasteiger partial charge in [0.15, 0.2) is 0 Å². The molecule has 1 N–H and O–H groups in total. The van der Waals surface area contributed by atoms with Crippen molar-refractivity contribution in [2.45, 2.75) is 20.3 Å². The van der Waals surface area contributed by atoms with Crippen LogP contribution in [0, 0.1) is 6.92 Å². The van der Waals surface area contributed by atoms with E-state index in [-0.39, 0.29) is 5.91 Å². The lowest BCUT2D eigenvalue weighted by Gasteiger charge is -2.35. The van der Waals surface area contributed by atoms with Crippen molar-refractivity contribution in [1.82, 2.24) is 9.27 Å². The summed E-state index contributed by atoms with van der Waals surface area (Å²) >= 11 is 1.59. The van der Waals surface area contributed by atoms with E-state index in [2.05, 4.69) is 52.4 Å². The van der Waals surface area contributed by atoms with Crippen molar-refractivity contribution >= 4 is 39.0 Å². The number of piperazine rings is 1. The molecular formula is C22H26N4OS. The van der Waals surface area contributed by atoms with Crippen LogP contribution in [0.5, 0.6) is 0 Å². The molecule has 1 aromatic heterocycles. The summed E-state index contributed by atoms with van der Waals surface area (Å²) in [6.45, 7) is 8.81. The molecule has 4 rings (SSSR count). The van der Waals surface area contributed by atoms with E-state index in [1.807, 2.05) is 12.1 Å². The Bertz CT molecular complexity index is 976. The number of amides is 1. The first-order chi connectivity index (χ1) is 13.6. The molecule has 2 heterocycles. The molecule has 1 aliphatic rings. The number of carbonyl (C=O) groups is 1. The number of hydrogen-bond acceptors (Lipinski definition) is 5. The number of carbonyl (C=O) groups excluding carboxylic acids is 1. The molecule has 6 heteroatoms. The molecular weight excluding hydrogens is 368 g/mol. The lowest BCUT2D eigenvalue weighted by molar-refractivity contribution is -0.114. The molecule has 2 aromatic carbocycles. The number of hydrogen-bond donors (Lipinski definition) is 1. The summed E-state index contributed by atoms with van der Waals surface area (Å²) in [5.41, 5.74) is 3.40. The summed E-state index contributed by atoms with van der Waals surface area (Å²) in [6, 6.07) is 14.6. The molecule has 0 unspecified atom stereocenters. The molecule has 1 saturated heterocycles. The van der Waals surface area contributed by atoms with E-state index in [0.29, 0.717) is 0 Å². The van der Waals surface area contributed by atoms with Crippen molar-refractivity contribution in [3.8, 4) is 0 Å². The minimum Gasteiger partial charge on any atom is -0.353 e. The molecule has 28 heavy (non-hydrogen) atoms. The highest BCUT2D eigenvalue weighted by molar-refractivity contribution is 7.13.